The first kappa shape index (κ1) is 18.7. The van der Waals surface area contributed by atoms with Crippen LogP contribution in [0.5, 0.6) is 5.75 Å². The first-order valence-corrected chi connectivity index (χ1v) is 9.16. The van der Waals surface area contributed by atoms with Crippen molar-refractivity contribution in [3.05, 3.63) is 71.7 Å². The Morgan fingerprint density at radius 1 is 1.15 bits per heavy atom. The lowest BCUT2D eigenvalue weighted by Crippen LogP contribution is -2.33. The summed E-state index contributed by atoms with van der Waals surface area (Å²) in [7, 11) is 0. The highest BCUT2D eigenvalue weighted by molar-refractivity contribution is 5.78. The number of hydrogen-bond donors (Lipinski definition) is 2. The maximum atomic E-state index is 12.3. The van der Waals surface area contributed by atoms with Gasteiger partial charge in [0.05, 0.1) is 17.9 Å². The van der Waals surface area contributed by atoms with Crippen LogP contribution in [0.4, 0.5) is 0 Å². The van der Waals surface area contributed by atoms with E-state index >= 15 is 0 Å². The number of H-pyrrole nitrogens is 1. The molecule has 0 aliphatic carbocycles. The zero-order valence-electron chi connectivity index (χ0n) is 16.0. The smallest absolute Gasteiger partial charge is 0.258 e. The third kappa shape index (κ3) is 4.76. The summed E-state index contributed by atoms with van der Waals surface area (Å²) in [6.07, 6.45) is 2.53. The molecular weight excluding hydrogens is 338 g/mol. The van der Waals surface area contributed by atoms with E-state index in [-0.39, 0.29) is 18.6 Å². The second-order valence-electron chi connectivity index (χ2n) is 6.61. The van der Waals surface area contributed by atoms with Crippen LogP contribution in [0.15, 0.2) is 54.7 Å². The average molecular weight is 363 g/mol. The molecule has 2 aromatic carbocycles. The number of carbonyl (C=O) groups excluding carboxylic acids is 1. The Labute approximate surface area is 159 Å². The molecule has 3 aromatic rings. The second kappa shape index (κ2) is 8.54. The molecule has 3 rings (SSSR count). The fraction of sp³-hybridized carbons (Fsp3) is 0.273. The fourth-order valence-electron chi connectivity index (χ4n) is 2.83. The van der Waals surface area contributed by atoms with Crippen molar-refractivity contribution in [3.8, 4) is 17.0 Å². The van der Waals surface area contributed by atoms with Crippen LogP contribution in [0, 0.1) is 13.8 Å². The molecule has 0 spiro atoms. The van der Waals surface area contributed by atoms with E-state index in [9.17, 15) is 4.79 Å². The number of rotatable bonds is 7. The minimum absolute atomic E-state index is 0.0226. The molecule has 0 fully saturated rings. The van der Waals surface area contributed by atoms with Crippen LogP contribution in [0.1, 0.15) is 36.3 Å². The predicted octanol–water partition coefficient (Wildman–Crippen LogP) is 4.34. The summed E-state index contributed by atoms with van der Waals surface area (Å²) in [6.45, 7) is 6.06. The van der Waals surface area contributed by atoms with Crippen molar-refractivity contribution in [3.63, 3.8) is 0 Å². The van der Waals surface area contributed by atoms with Crippen LogP contribution < -0.4 is 10.1 Å². The van der Waals surface area contributed by atoms with Gasteiger partial charge < -0.3 is 15.0 Å². The molecule has 0 saturated heterocycles. The quantitative estimate of drug-likeness (QED) is 0.656. The normalized spacial score (nSPS) is 11.8. The molecule has 1 heterocycles. The Kier molecular flexibility index (Phi) is 5.91. The third-order valence-corrected chi connectivity index (χ3v) is 4.60. The van der Waals surface area contributed by atoms with Crippen LogP contribution >= 0.6 is 0 Å². The van der Waals surface area contributed by atoms with Crippen molar-refractivity contribution in [1.29, 1.82) is 0 Å². The third-order valence-electron chi connectivity index (χ3n) is 4.60. The minimum atomic E-state index is -0.182. The molecule has 1 atom stereocenters. The molecule has 1 amide bonds. The molecule has 1 unspecified atom stereocenters. The highest BCUT2D eigenvalue weighted by Crippen LogP contribution is 2.20. The first-order valence-electron chi connectivity index (χ1n) is 9.16. The Morgan fingerprint density at radius 2 is 1.93 bits per heavy atom. The lowest BCUT2D eigenvalue weighted by Gasteiger charge is -2.15. The van der Waals surface area contributed by atoms with Crippen molar-refractivity contribution in [1.82, 2.24) is 15.3 Å². The van der Waals surface area contributed by atoms with E-state index < -0.39 is 0 Å². The van der Waals surface area contributed by atoms with Crippen molar-refractivity contribution < 1.29 is 9.53 Å². The summed E-state index contributed by atoms with van der Waals surface area (Å²) >= 11 is 0. The number of hydrogen-bond acceptors (Lipinski definition) is 3. The van der Waals surface area contributed by atoms with Gasteiger partial charge in [-0.1, -0.05) is 43.3 Å². The summed E-state index contributed by atoms with van der Waals surface area (Å²) in [5.74, 6) is 1.28. The van der Waals surface area contributed by atoms with Crippen LogP contribution in [0.3, 0.4) is 0 Å². The summed E-state index contributed by atoms with van der Waals surface area (Å²) in [4.78, 5) is 20.1. The molecule has 0 saturated carbocycles. The van der Waals surface area contributed by atoms with Crippen molar-refractivity contribution in [2.24, 2.45) is 0 Å². The van der Waals surface area contributed by atoms with Gasteiger partial charge in [-0.25, -0.2) is 4.98 Å². The number of imidazole rings is 1. The Hall–Kier alpha value is -3.08. The monoisotopic (exact) mass is 363 g/mol. The maximum Gasteiger partial charge on any atom is 0.258 e. The van der Waals surface area contributed by atoms with Gasteiger partial charge in [0.15, 0.2) is 6.61 Å². The number of aromatic amines is 1. The molecular formula is C22H25N3O2. The van der Waals surface area contributed by atoms with Crippen LogP contribution in [0.25, 0.3) is 11.3 Å². The average Bonchev–Trinajstić information content (AvgIpc) is 3.18. The largest absolute Gasteiger partial charge is 0.484 e. The summed E-state index contributed by atoms with van der Waals surface area (Å²) in [5, 5.41) is 2.99. The molecule has 5 heteroatoms. The summed E-state index contributed by atoms with van der Waals surface area (Å²) in [5.41, 5.74) is 4.34. The number of benzene rings is 2. The molecule has 0 radical (unpaired) electrons. The van der Waals surface area contributed by atoms with Gasteiger partial charge in [-0.05, 0) is 49.1 Å². The number of nitrogens with zero attached hydrogens (tertiary/aromatic N) is 1. The van der Waals surface area contributed by atoms with Gasteiger partial charge in [-0.2, -0.15) is 0 Å². The highest BCUT2D eigenvalue weighted by Gasteiger charge is 2.17. The SMILES string of the molecule is CCC(NC(=O)COc1ccc(C)c(C)c1)c1ncc(-c2ccccc2)[nH]1. The van der Waals surface area contributed by atoms with Gasteiger partial charge in [0, 0.05) is 0 Å². The first-order chi connectivity index (χ1) is 13.1. The van der Waals surface area contributed by atoms with Gasteiger partial charge in [-0.15, -0.1) is 0 Å². The molecule has 140 valence electrons. The lowest BCUT2D eigenvalue weighted by molar-refractivity contribution is -0.123. The molecule has 27 heavy (non-hydrogen) atoms. The predicted molar refractivity (Wildman–Crippen MR) is 107 cm³/mol. The topological polar surface area (TPSA) is 67.0 Å². The van der Waals surface area contributed by atoms with Crippen molar-refractivity contribution in [2.75, 3.05) is 6.61 Å². The molecule has 0 aliphatic heterocycles. The Morgan fingerprint density at radius 3 is 2.63 bits per heavy atom. The standard InChI is InChI=1S/C22H25N3O2/c1-4-19(22-23-13-20(25-22)17-8-6-5-7-9-17)24-21(26)14-27-18-11-10-15(2)16(3)12-18/h5-13,19H,4,14H2,1-3H3,(H,23,25)(H,24,26). The summed E-state index contributed by atoms with van der Waals surface area (Å²) < 4.78 is 5.62. The fourth-order valence-corrected chi connectivity index (χ4v) is 2.83. The van der Waals surface area contributed by atoms with Gasteiger partial charge in [-0.3, -0.25) is 4.79 Å². The Bertz CT molecular complexity index is 903. The zero-order valence-corrected chi connectivity index (χ0v) is 16.0. The van der Waals surface area contributed by atoms with Crippen LogP contribution in [-0.4, -0.2) is 22.5 Å². The minimum Gasteiger partial charge on any atom is -0.484 e. The number of nitrogens with one attached hydrogen (secondary N) is 2. The van der Waals surface area contributed by atoms with E-state index in [0.717, 1.165) is 29.1 Å². The van der Waals surface area contributed by atoms with E-state index in [4.69, 9.17) is 4.74 Å². The van der Waals surface area contributed by atoms with Crippen LogP contribution in [0.2, 0.25) is 0 Å². The Balaban J connectivity index is 1.60. The van der Waals surface area contributed by atoms with Crippen molar-refractivity contribution in [2.45, 2.75) is 33.2 Å². The maximum absolute atomic E-state index is 12.3. The van der Waals surface area contributed by atoms with E-state index in [1.807, 2.05) is 69.3 Å². The van der Waals surface area contributed by atoms with Crippen molar-refractivity contribution >= 4 is 5.91 Å². The number of ether oxygens (including phenoxy) is 1. The lowest BCUT2D eigenvalue weighted by atomic mass is 10.1. The summed E-state index contributed by atoms with van der Waals surface area (Å²) in [6, 6.07) is 15.6. The van der Waals surface area contributed by atoms with Crippen LogP contribution in [-0.2, 0) is 4.79 Å². The second-order valence-corrected chi connectivity index (χ2v) is 6.61. The molecule has 0 aliphatic rings. The zero-order chi connectivity index (χ0) is 19.2. The number of aryl methyl sites for hydroxylation is 2. The number of aromatic nitrogens is 2. The highest BCUT2D eigenvalue weighted by atomic mass is 16.5. The molecule has 2 N–H and O–H groups in total. The molecule has 5 nitrogen and oxygen atoms in total. The number of amides is 1. The van der Waals surface area contributed by atoms with E-state index in [1.54, 1.807) is 6.20 Å². The van der Waals surface area contributed by atoms with Gasteiger partial charge in [0.2, 0.25) is 0 Å². The van der Waals surface area contributed by atoms with Gasteiger partial charge in [0.25, 0.3) is 5.91 Å². The van der Waals surface area contributed by atoms with E-state index in [0.29, 0.717) is 5.75 Å². The van der Waals surface area contributed by atoms with E-state index in [2.05, 4.69) is 15.3 Å². The number of carbonyl (C=O) groups is 1. The van der Waals surface area contributed by atoms with Gasteiger partial charge >= 0.3 is 0 Å². The van der Waals surface area contributed by atoms with Gasteiger partial charge in [0.1, 0.15) is 11.6 Å². The molecule has 0 bridgehead atoms. The molecule has 1 aromatic heterocycles. The van der Waals surface area contributed by atoms with E-state index in [1.165, 1.54) is 5.56 Å².